The topological polar surface area (TPSA) is 74.6 Å². The monoisotopic (exact) mass is 334 g/mol. The zero-order valence-corrected chi connectivity index (χ0v) is 15.1. The van der Waals surface area contributed by atoms with Crippen molar-refractivity contribution in [1.29, 1.82) is 0 Å². The highest BCUT2D eigenvalue weighted by molar-refractivity contribution is 5.75. The maximum atomic E-state index is 12.0. The molecular formula is C20H30O4. The summed E-state index contributed by atoms with van der Waals surface area (Å²) in [6.07, 6.45) is 9.03. The minimum absolute atomic E-state index is 0.0417. The van der Waals surface area contributed by atoms with Crippen LogP contribution in [0.3, 0.4) is 0 Å². The lowest BCUT2D eigenvalue weighted by Crippen LogP contribution is -2.54. The third kappa shape index (κ3) is 2.58. The summed E-state index contributed by atoms with van der Waals surface area (Å²) in [7, 11) is 0. The highest BCUT2D eigenvalue weighted by Crippen LogP contribution is 2.64. The Labute approximate surface area is 144 Å². The van der Waals surface area contributed by atoms with Gasteiger partial charge in [-0.25, -0.2) is 0 Å². The van der Waals surface area contributed by atoms with Gasteiger partial charge in [-0.05, 0) is 68.1 Å². The fourth-order valence-corrected chi connectivity index (χ4v) is 6.31. The van der Waals surface area contributed by atoms with Gasteiger partial charge < -0.3 is 10.2 Å². The second-order valence-electron chi connectivity index (χ2n) is 9.21. The molecule has 134 valence electrons. The first kappa shape index (κ1) is 17.5. The summed E-state index contributed by atoms with van der Waals surface area (Å²) >= 11 is 0. The third-order valence-electron chi connectivity index (χ3n) is 7.52. The summed E-state index contributed by atoms with van der Waals surface area (Å²) in [5.41, 5.74) is 0.588. The molecule has 0 aliphatic heterocycles. The van der Waals surface area contributed by atoms with Crippen LogP contribution in [0, 0.1) is 28.1 Å². The number of carbonyl (C=O) groups is 2. The van der Waals surface area contributed by atoms with Crippen molar-refractivity contribution in [1.82, 2.24) is 0 Å². The van der Waals surface area contributed by atoms with Crippen molar-refractivity contribution in [2.75, 3.05) is 0 Å². The number of carboxylic acid groups (broad SMARTS) is 2. The zero-order chi connectivity index (χ0) is 17.8. The SMILES string of the molecule is CC1(CC(=O)O)C=C2CCC3C(C)(C(=O)O)CCCC3(C)C2CC1. The molecule has 0 heterocycles. The van der Waals surface area contributed by atoms with Crippen LogP contribution in [0.1, 0.15) is 72.1 Å². The van der Waals surface area contributed by atoms with Crippen LogP contribution in [0.2, 0.25) is 0 Å². The van der Waals surface area contributed by atoms with Gasteiger partial charge in [0.25, 0.3) is 0 Å². The van der Waals surface area contributed by atoms with Gasteiger partial charge in [-0.1, -0.05) is 31.9 Å². The summed E-state index contributed by atoms with van der Waals surface area (Å²) in [5.74, 6) is -0.722. The van der Waals surface area contributed by atoms with E-state index >= 15 is 0 Å². The second kappa shape index (κ2) is 5.60. The molecule has 3 aliphatic rings. The highest BCUT2D eigenvalue weighted by Gasteiger charge is 2.58. The Hall–Kier alpha value is -1.32. The van der Waals surface area contributed by atoms with E-state index in [1.807, 2.05) is 6.92 Å². The molecule has 24 heavy (non-hydrogen) atoms. The maximum absolute atomic E-state index is 12.0. The predicted octanol–water partition coefficient (Wildman–Crippen LogP) is 4.49. The van der Waals surface area contributed by atoms with Crippen LogP contribution in [-0.4, -0.2) is 22.2 Å². The van der Waals surface area contributed by atoms with Crippen molar-refractivity contribution in [3.8, 4) is 0 Å². The molecule has 3 aliphatic carbocycles. The van der Waals surface area contributed by atoms with E-state index in [4.69, 9.17) is 0 Å². The number of fused-ring (bicyclic) bond motifs is 3. The Balaban J connectivity index is 1.94. The number of hydrogen-bond donors (Lipinski definition) is 2. The van der Waals surface area contributed by atoms with Crippen LogP contribution < -0.4 is 0 Å². The minimum Gasteiger partial charge on any atom is -0.481 e. The molecule has 4 nitrogen and oxygen atoms in total. The summed E-state index contributed by atoms with van der Waals surface area (Å²) in [6.45, 7) is 6.31. The Morgan fingerprint density at radius 1 is 1.12 bits per heavy atom. The van der Waals surface area contributed by atoms with Gasteiger partial charge in [-0.15, -0.1) is 0 Å². The van der Waals surface area contributed by atoms with Crippen molar-refractivity contribution >= 4 is 11.9 Å². The van der Waals surface area contributed by atoms with E-state index in [0.29, 0.717) is 5.92 Å². The summed E-state index contributed by atoms with van der Waals surface area (Å²) in [6, 6.07) is 0. The predicted molar refractivity (Wildman–Crippen MR) is 91.6 cm³/mol. The first-order valence-corrected chi connectivity index (χ1v) is 9.28. The molecule has 0 saturated heterocycles. The third-order valence-corrected chi connectivity index (χ3v) is 7.52. The molecule has 0 amide bonds. The largest absolute Gasteiger partial charge is 0.481 e. The average Bonchev–Trinajstić information content (AvgIpc) is 2.45. The van der Waals surface area contributed by atoms with Gasteiger partial charge in [0, 0.05) is 0 Å². The van der Waals surface area contributed by atoms with E-state index in [1.54, 1.807) is 0 Å². The molecule has 0 bridgehead atoms. The maximum Gasteiger partial charge on any atom is 0.309 e. The normalized spacial score (nSPS) is 44.9. The van der Waals surface area contributed by atoms with Crippen LogP contribution in [0.15, 0.2) is 11.6 Å². The molecule has 2 saturated carbocycles. The van der Waals surface area contributed by atoms with Crippen LogP contribution >= 0.6 is 0 Å². The van der Waals surface area contributed by atoms with E-state index in [2.05, 4.69) is 19.9 Å². The molecule has 0 aromatic heterocycles. The first-order chi connectivity index (χ1) is 11.1. The van der Waals surface area contributed by atoms with Crippen molar-refractivity contribution in [3.05, 3.63) is 11.6 Å². The number of allylic oxidation sites excluding steroid dienone is 2. The number of hydrogen-bond acceptors (Lipinski definition) is 2. The summed E-state index contributed by atoms with van der Waals surface area (Å²) < 4.78 is 0. The van der Waals surface area contributed by atoms with E-state index < -0.39 is 17.4 Å². The lowest BCUT2D eigenvalue weighted by atomic mass is 9.45. The molecule has 0 radical (unpaired) electrons. The Morgan fingerprint density at radius 3 is 2.46 bits per heavy atom. The van der Waals surface area contributed by atoms with Gasteiger partial charge in [0.05, 0.1) is 11.8 Å². The van der Waals surface area contributed by atoms with E-state index in [1.165, 1.54) is 5.57 Å². The lowest BCUT2D eigenvalue weighted by Gasteiger charge is -2.59. The number of rotatable bonds is 3. The fourth-order valence-electron chi connectivity index (χ4n) is 6.31. The highest BCUT2D eigenvalue weighted by atomic mass is 16.4. The van der Waals surface area contributed by atoms with E-state index in [9.17, 15) is 19.8 Å². The van der Waals surface area contributed by atoms with Crippen molar-refractivity contribution < 1.29 is 19.8 Å². The Bertz CT molecular complexity index is 594. The number of carboxylic acids is 2. The van der Waals surface area contributed by atoms with Crippen LogP contribution in [0.5, 0.6) is 0 Å². The van der Waals surface area contributed by atoms with Crippen LogP contribution in [0.4, 0.5) is 0 Å². The van der Waals surface area contributed by atoms with Gasteiger partial charge >= 0.3 is 11.9 Å². The molecule has 0 spiro atoms. The molecule has 5 unspecified atom stereocenters. The molecular weight excluding hydrogens is 304 g/mol. The minimum atomic E-state index is -0.733. The summed E-state index contributed by atoms with van der Waals surface area (Å²) in [5, 5.41) is 19.0. The van der Waals surface area contributed by atoms with Crippen molar-refractivity contribution in [2.45, 2.75) is 72.1 Å². The van der Waals surface area contributed by atoms with Crippen molar-refractivity contribution in [2.24, 2.45) is 28.1 Å². The molecule has 4 heteroatoms. The lowest BCUT2D eigenvalue weighted by molar-refractivity contribution is -0.164. The smallest absolute Gasteiger partial charge is 0.309 e. The fraction of sp³-hybridized carbons (Fsp3) is 0.800. The summed E-state index contributed by atoms with van der Waals surface area (Å²) in [4.78, 5) is 23.2. The molecule has 2 N–H and O–H groups in total. The second-order valence-corrected chi connectivity index (χ2v) is 9.21. The van der Waals surface area contributed by atoms with E-state index in [0.717, 1.165) is 44.9 Å². The van der Waals surface area contributed by atoms with E-state index in [-0.39, 0.29) is 23.2 Å². The van der Waals surface area contributed by atoms with Gasteiger partial charge in [0.15, 0.2) is 0 Å². The average molecular weight is 334 g/mol. The molecule has 2 fully saturated rings. The Kier molecular flexibility index (Phi) is 4.09. The molecule has 0 aromatic rings. The molecule has 3 rings (SSSR count). The van der Waals surface area contributed by atoms with Crippen LogP contribution in [-0.2, 0) is 9.59 Å². The van der Waals surface area contributed by atoms with Crippen molar-refractivity contribution in [3.63, 3.8) is 0 Å². The first-order valence-electron chi connectivity index (χ1n) is 9.28. The van der Waals surface area contributed by atoms with Gasteiger partial charge in [-0.2, -0.15) is 0 Å². The number of aliphatic carboxylic acids is 2. The zero-order valence-electron chi connectivity index (χ0n) is 15.1. The van der Waals surface area contributed by atoms with Gasteiger partial charge in [-0.3, -0.25) is 9.59 Å². The quantitative estimate of drug-likeness (QED) is 0.745. The molecule has 5 atom stereocenters. The van der Waals surface area contributed by atoms with Gasteiger partial charge in [0.2, 0.25) is 0 Å². The molecule has 0 aromatic carbocycles. The van der Waals surface area contributed by atoms with Gasteiger partial charge in [0.1, 0.15) is 0 Å². The standard InChI is InChI=1S/C20H30O4/c1-18(12-16(21)22)10-7-14-13(11-18)5-6-15-19(14,2)8-4-9-20(15,3)17(23)24/h11,14-15H,4-10,12H2,1-3H3,(H,21,22)(H,23,24). The Morgan fingerprint density at radius 2 is 1.83 bits per heavy atom. The van der Waals surface area contributed by atoms with Crippen LogP contribution in [0.25, 0.3) is 0 Å².